The van der Waals surface area contributed by atoms with Crippen LogP contribution in [0.25, 0.3) is 0 Å². The van der Waals surface area contributed by atoms with Gasteiger partial charge in [-0.15, -0.1) is 0 Å². The lowest BCUT2D eigenvalue weighted by molar-refractivity contribution is 0.115. The van der Waals surface area contributed by atoms with Crippen molar-refractivity contribution in [3.8, 4) is 11.8 Å². The molecule has 0 aliphatic heterocycles. The minimum absolute atomic E-state index is 0.0220. The van der Waals surface area contributed by atoms with Crippen molar-refractivity contribution < 1.29 is 14.2 Å². The maximum absolute atomic E-state index is 13.3. The van der Waals surface area contributed by atoms with Gasteiger partial charge < -0.3 is 15.2 Å². The van der Waals surface area contributed by atoms with Gasteiger partial charge in [-0.1, -0.05) is 18.2 Å². The number of halogens is 1. The smallest absolute Gasteiger partial charge is 0.165 e. The Kier molecular flexibility index (Phi) is 5.13. The molecule has 1 atom stereocenters. The summed E-state index contributed by atoms with van der Waals surface area (Å²) in [6.07, 6.45) is -0.796. The van der Waals surface area contributed by atoms with E-state index in [1.165, 1.54) is 12.1 Å². The molecule has 1 unspecified atom stereocenters. The highest BCUT2D eigenvalue weighted by molar-refractivity contribution is 5.49. The predicted molar refractivity (Wildman–Crippen MR) is 77.5 cm³/mol. The first kappa shape index (κ1) is 14.8. The molecule has 2 rings (SSSR count). The van der Waals surface area contributed by atoms with Crippen molar-refractivity contribution in [3.63, 3.8) is 0 Å². The average Bonchev–Trinajstić information content (AvgIpc) is 2.52. The van der Waals surface area contributed by atoms with Gasteiger partial charge in [0.25, 0.3) is 0 Å². The minimum Gasteiger partial charge on any atom is -0.488 e. The Morgan fingerprint density at radius 2 is 2.05 bits per heavy atom. The van der Waals surface area contributed by atoms with Gasteiger partial charge in [-0.05, 0) is 30.3 Å². The van der Waals surface area contributed by atoms with Crippen LogP contribution in [-0.2, 0) is 0 Å². The quantitative estimate of drug-likeness (QED) is 0.856. The Morgan fingerprint density at radius 1 is 1.24 bits per heavy atom. The van der Waals surface area contributed by atoms with Crippen LogP contribution >= 0.6 is 0 Å². The highest BCUT2D eigenvalue weighted by atomic mass is 19.1. The number of hydrogen-bond acceptors (Lipinski definition) is 4. The zero-order valence-electron chi connectivity index (χ0n) is 11.3. The molecule has 2 aromatic rings. The summed E-state index contributed by atoms with van der Waals surface area (Å²) in [6.45, 7) is 0.217. The number of nitrogens with zero attached hydrogens (tertiary/aromatic N) is 1. The molecule has 0 spiro atoms. The number of aliphatic hydroxyl groups is 1. The van der Waals surface area contributed by atoms with Crippen LogP contribution in [0.15, 0.2) is 48.5 Å². The maximum atomic E-state index is 13.3. The van der Waals surface area contributed by atoms with Gasteiger partial charge in [0.05, 0.1) is 11.6 Å². The first-order valence-electron chi connectivity index (χ1n) is 6.48. The first-order valence-corrected chi connectivity index (χ1v) is 6.48. The molecule has 0 bridgehead atoms. The van der Waals surface area contributed by atoms with Gasteiger partial charge in [0.15, 0.2) is 11.6 Å². The number of nitriles is 1. The Hall–Kier alpha value is -2.58. The highest BCUT2D eigenvalue weighted by Gasteiger charge is 2.08. The molecule has 0 aliphatic rings. The second-order valence-corrected chi connectivity index (χ2v) is 4.47. The van der Waals surface area contributed by atoms with Crippen LogP contribution in [0, 0.1) is 17.1 Å². The van der Waals surface area contributed by atoms with E-state index in [0.717, 1.165) is 5.69 Å². The standard InChI is InChI=1S/C16H15FN2O2/c17-15-6-1-2-7-16(15)21-11-14(20)10-19-13-5-3-4-12(8-13)9-18/h1-8,14,19-20H,10-11H2. The molecule has 0 aromatic heterocycles. The lowest BCUT2D eigenvalue weighted by Crippen LogP contribution is -2.26. The molecule has 0 amide bonds. The fourth-order valence-corrected chi connectivity index (χ4v) is 1.74. The molecule has 108 valence electrons. The summed E-state index contributed by atoms with van der Waals surface area (Å²) in [6, 6.07) is 15.0. The third-order valence-corrected chi connectivity index (χ3v) is 2.80. The van der Waals surface area contributed by atoms with Crippen LogP contribution in [0.2, 0.25) is 0 Å². The molecule has 0 radical (unpaired) electrons. The summed E-state index contributed by atoms with van der Waals surface area (Å²) in [5.41, 5.74) is 1.27. The van der Waals surface area contributed by atoms with Crippen molar-refractivity contribution in [3.05, 3.63) is 59.9 Å². The first-order chi connectivity index (χ1) is 10.2. The van der Waals surface area contributed by atoms with E-state index in [0.29, 0.717) is 5.56 Å². The van der Waals surface area contributed by atoms with Crippen molar-refractivity contribution in [2.24, 2.45) is 0 Å². The highest BCUT2D eigenvalue weighted by Crippen LogP contribution is 2.15. The molecule has 2 aromatic carbocycles. The number of hydrogen-bond donors (Lipinski definition) is 2. The molecular weight excluding hydrogens is 271 g/mol. The molecule has 2 N–H and O–H groups in total. The van der Waals surface area contributed by atoms with Crippen LogP contribution in [0.3, 0.4) is 0 Å². The normalized spacial score (nSPS) is 11.5. The van der Waals surface area contributed by atoms with Crippen LogP contribution in [-0.4, -0.2) is 24.4 Å². The molecule has 0 fully saturated rings. The number of rotatable bonds is 6. The molecule has 0 aliphatic carbocycles. The summed E-state index contributed by atoms with van der Waals surface area (Å²) < 4.78 is 18.5. The summed E-state index contributed by atoms with van der Waals surface area (Å²) in [4.78, 5) is 0. The number of aliphatic hydroxyl groups excluding tert-OH is 1. The van der Waals surface area contributed by atoms with Crippen molar-refractivity contribution in [1.82, 2.24) is 0 Å². The van der Waals surface area contributed by atoms with Gasteiger partial charge in [-0.2, -0.15) is 5.26 Å². The summed E-state index contributed by atoms with van der Waals surface area (Å²) in [5.74, 6) is -0.345. The summed E-state index contributed by atoms with van der Waals surface area (Å²) >= 11 is 0. The fraction of sp³-hybridized carbons (Fsp3) is 0.188. The molecule has 4 nitrogen and oxygen atoms in total. The van der Waals surface area contributed by atoms with Crippen molar-refractivity contribution in [2.75, 3.05) is 18.5 Å². The van der Waals surface area contributed by atoms with Crippen LogP contribution < -0.4 is 10.1 Å². The van der Waals surface area contributed by atoms with E-state index in [1.807, 2.05) is 6.07 Å². The van der Waals surface area contributed by atoms with E-state index >= 15 is 0 Å². The molecular formula is C16H15FN2O2. The molecule has 0 heterocycles. The predicted octanol–water partition coefficient (Wildman–Crippen LogP) is 2.55. The zero-order valence-corrected chi connectivity index (χ0v) is 11.3. The molecule has 0 saturated carbocycles. The SMILES string of the molecule is N#Cc1cccc(NCC(O)COc2ccccc2F)c1. The second-order valence-electron chi connectivity index (χ2n) is 4.47. The monoisotopic (exact) mass is 286 g/mol. The van der Waals surface area contributed by atoms with E-state index in [9.17, 15) is 9.50 Å². The van der Waals surface area contributed by atoms with Gasteiger partial charge in [0.2, 0.25) is 0 Å². The summed E-state index contributed by atoms with van der Waals surface area (Å²) in [5, 5.41) is 21.6. The van der Waals surface area contributed by atoms with Crippen LogP contribution in [0.5, 0.6) is 5.75 Å². The minimum atomic E-state index is -0.796. The Morgan fingerprint density at radius 3 is 2.81 bits per heavy atom. The van der Waals surface area contributed by atoms with E-state index < -0.39 is 11.9 Å². The third kappa shape index (κ3) is 4.48. The third-order valence-electron chi connectivity index (χ3n) is 2.80. The number of para-hydroxylation sites is 1. The van der Waals surface area contributed by atoms with Gasteiger partial charge >= 0.3 is 0 Å². The lowest BCUT2D eigenvalue weighted by Gasteiger charge is -2.14. The second kappa shape index (κ2) is 7.27. The van der Waals surface area contributed by atoms with Crippen LogP contribution in [0.4, 0.5) is 10.1 Å². The largest absolute Gasteiger partial charge is 0.488 e. The Balaban J connectivity index is 1.81. The Bertz CT molecular complexity index is 640. The van der Waals surface area contributed by atoms with E-state index in [-0.39, 0.29) is 18.9 Å². The number of benzene rings is 2. The fourth-order valence-electron chi connectivity index (χ4n) is 1.74. The van der Waals surface area contributed by atoms with Crippen molar-refractivity contribution in [1.29, 1.82) is 5.26 Å². The van der Waals surface area contributed by atoms with E-state index in [2.05, 4.69) is 5.32 Å². The van der Waals surface area contributed by atoms with Gasteiger partial charge in [0, 0.05) is 12.2 Å². The van der Waals surface area contributed by atoms with Gasteiger partial charge in [-0.25, -0.2) is 4.39 Å². The maximum Gasteiger partial charge on any atom is 0.165 e. The average molecular weight is 286 g/mol. The van der Waals surface area contributed by atoms with E-state index in [4.69, 9.17) is 10.00 Å². The van der Waals surface area contributed by atoms with Crippen LogP contribution in [0.1, 0.15) is 5.56 Å². The lowest BCUT2D eigenvalue weighted by atomic mass is 10.2. The van der Waals surface area contributed by atoms with E-state index in [1.54, 1.807) is 36.4 Å². The summed E-state index contributed by atoms with van der Waals surface area (Å²) in [7, 11) is 0. The number of nitrogens with one attached hydrogen (secondary N) is 1. The zero-order chi connectivity index (χ0) is 15.1. The molecule has 0 saturated heterocycles. The molecule has 5 heteroatoms. The number of ether oxygens (including phenoxy) is 1. The van der Waals surface area contributed by atoms with Gasteiger partial charge in [0.1, 0.15) is 12.7 Å². The van der Waals surface area contributed by atoms with Gasteiger partial charge in [-0.3, -0.25) is 0 Å². The number of anilines is 1. The molecule has 21 heavy (non-hydrogen) atoms. The topological polar surface area (TPSA) is 65.3 Å². The van der Waals surface area contributed by atoms with Crippen molar-refractivity contribution in [2.45, 2.75) is 6.10 Å². The Labute approximate surface area is 122 Å². The van der Waals surface area contributed by atoms with Crippen molar-refractivity contribution >= 4 is 5.69 Å².